The van der Waals surface area contributed by atoms with Gasteiger partial charge in [-0.3, -0.25) is 24.8 Å². The van der Waals surface area contributed by atoms with Crippen molar-refractivity contribution in [2.75, 3.05) is 25.0 Å². The number of hydrogen-bond donors (Lipinski definition) is 4. The lowest BCUT2D eigenvalue weighted by Crippen LogP contribution is -2.48. The second-order valence-corrected chi connectivity index (χ2v) is 7.03. The van der Waals surface area contributed by atoms with Crippen LogP contribution in [0.3, 0.4) is 0 Å². The van der Waals surface area contributed by atoms with E-state index in [1.165, 1.54) is 18.5 Å². The number of halogens is 2. The third kappa shape index (κ3) is 5.58. The maximum Gasteiger partial charge on any atom is 0.267 e. The number of likely N-dealkylation sites (tertiary alicyclic amines) is 1. The summed E-state index contributed by atoms with van der Waals surface area (Å²) in [7, 11) is 0. The molecule has 30 heavy (non-hydrogen) atoms. The minimum absolute atomic E-state index is 0.154. The summed E-state index contributed by atoms with van der Waals surface area (Å²) in [4.78, 5) is 41.2. The van der Waals surface area contributed by atoms with Crippen LogP contribution >= 0.6 is 0 Å². The Morgan fingerprint density at radius 3 is 2.67 bits per heavy atom. The second kappa shape index (κ2) is 9.90. The Morgan fingerprint density at radius 1 is 1.33 bits per heavy atom. The molecule has 1 fully saturated rings. The summed E-state index contributed by atoms with van der Waals surface area (Å²) in [5, 5.41) is 12.8. The Balaban J connectivity index is 2.05. The smallest absolute Gasteiger partial charge is 0.267 e. The summed E-state index contributed by atoms with van der Waals surface area (Å²) in [6.07, 6.45) is 1.11. The Kier molecular flexibility index (Phi) is 7.56. The number of hydrogen-bond acceptors (Lipinski definition) is 6. The minimum atomic E-state index is -1.38. The van der Waals surface area contributed by atoms with Crippen molar-refractivity contribution < 1.29 is 23.2 Å². The zero-order valence-corrected chi connectivity index (χ0v) is 16.7. The minimum Gasteiger partial charge on any atom is -0.374 e. The molecule has 162 valence electrons. The fourth-order valence-corrected chi connectivity index (χ4v) is 2.93. The fraction of sp³-hybridized carbons (Fsp3) is 0.421. The van der Waals surface area contributed by atoms with Gasteiger partial charge in [0.25, 0.3) is 5.91 Å². The molecule has 9 nitrogen and oxygen atoms in total. The third-order valence-electron chi connectivity index (χ3n) is 4.60. The summed E-state index contributed by atoms with van der Waals surface area (Å²) in [6.45, 7) is 2.19. The first-order valence-corrected chi connectivity index (χ1v) is 9.21. The van der Waals surface area contributed by atoms with E-state index >= 15 is 0 Å². The van der Waals surface area contributed by atoms with E-state index in [-0.39, 0.29) is 37.3 Å². The van der Waals surface area contributed by atoms with E-state index in [4.69, 9.17) is 11.1 Å². The number of amides is 3. The van der Waals surface area contributed by atoms with E-state index < -0.39 is 41.5 Å². The van der Waals surface area contributed by atoms with Crippen molar-refractivity contribution in [2.24, 2.45) is 5.73 Å². The Hall–Kier alpha value is -3.37. The molecule has 0 saturated carbocycles. The molecule has 2 atom stereocenters. The predicted molar refractivity (Wildman–Crippen MR) is 106 cm³/mol. The normalized spacial score (nSPS) is 17.9. The van der Waals surface area contributed by atoms with Crippen LogP contribution in [0.25, 0.3) is 0 Å². The van der Waals surface area contributed by atoms with E-state index in [1.54, 1.807) is 13.8 Å². The van der Waals surface area contributed by atoms with E-state index in [1.807, 2.05) is 0 Å². The van der Waals surface area contributed by atoms with Crippen LogP contribution in [0, 0.1) is 5.41 Å². The van der Waals surface area contributed by atoms with Gasteiger partial charge in [-0.15, -0.1) is 0 Å². The second-order valence-electron chi connectivity index (χ2n) is 7.03. The van der Waals surface area contributed by atoms with Gasteiger partial charge in [-0.25, -0.2) is 8.78 Å². The van der Waals surface area contributed by atoms with E-state index in [2.05, 4.69) is 15.6 Å². The predicted octanol–water partition coefficient (Wildman–Crippen LogP) is 0.665. The van der Waals surface area contributed by atoms with Crippen molar-refractivity contribution in [3.8, 4) is 0 Å². The van der Waals surface area contributed by atoms with E-state index in [0.29, 0.717) is 5.57 Å². The van der Waals surface area contributed by atoms with Crippen molar-refractivity contribution in [2.45, 2.75) is 32.5 Å². The highest BCUT2D eigenvalue weighted by atomic mass is 19.1. The van der Waals surface area contributed by atoms with Gasteiger partial charge in [0, 0.05) is 18.2 Å². The summed E-state index contributed by atoms with van der Waals surface area (Å²) >= 11 is 0. The number of nitrogens with one attached hydrogen (secondary N) is 3. The third-order valence-corrected chi connectivity index (χ3v) is 4.60. The first kappa shape index (κ1) is 22.9. The number of aromatic nitrogens is 1. The van der Waals surface area contributed by atoms with Crippen molar-refractivity contribution >= 4 is 29.1 Å². The number of anilines is 1. The maximum atomic E-state index is 13.9. The van der Waals surface area contributed by atoms with Crippen LogP contribution in [0.1, 0.15) is 25.8 Å². The monoisotopic (exact) mass is 422 g/mol. The molecule has 0 radical (unpaired) electrons. The van der Waals surface area contributed by atoms with Gasteiger partial charge < -0.3 is 21.3 Å². The van der Waals surface area contributed by atoms with Crippen LogP contribution in [0.2, 0.25) is 0 Å². The summed E-state index contributed by atoms with van der Waals surface area (Å²) in [6, 6.07) is 0.332. The molecule has 1 aromatic heterocycles. The maximum absolute atomic E-state index is 13.9. The first-order chi connectivity index (χ1) is 14.1. The lowest BCUT2D eigenvalue weighted by atomic mass is 10.1. The van der Waals surface area contributed by atoms with E-state index in [0.717, 1.165) is 4.90 Å². The van der Waals surface area contributed by atoms with Gasteiger partial charge in [-0.1, -0.05) is 0 Å². The van der Waals surface area contributed by atoms with Gasteiger partial charge in [0.2, 0.25) is 11.8 Å². The molecule has 0 spiro atoms. The molecular formula is C19H24F2N6O3. The first-order valence-electron chi connectivity index (χ1n) is 9.21. The zero-order valence-electron chi connectivity index (χ0n) is 16.7. The summed E-state index contributed by atoms with van der Waals surface area (Å²) < 4.78 is 27.5. The number of primary amides is 1. The number of nitrogens with two attached hydrogens (primary N) is 1. The molecule has 0 aliphatic carbocycles. The zero-order chi connectivity index (χ0) is 22.4. The van der Waals surface area contributed by atoms with Gasteiger partial charge in [-0.05, 0) is 25.5 Å². The Bertz CT molecular complexity index is 885. The molecule has 3 amide bonds. The largest absolute Gasteiger partial charge is 0.374 e. The topological polar surface area (TPSA) is 141 Å². The van der Waals surface area contributed by atoms with Crippen LogP contribution < -0.4 is 16.4 Å². The van der Waals surface area contributed by atoms with Crippen LogP contribution in [0.15, 0.2) is 29.9 Å². The molecule has 1 saturated heterocycles. The number of pyridine rings is 1. The highest BCUT2D eigenvalue weighted by molar-refractivity contribution is 6.44. The molecule has 0 bridgehead atoms. The molecule has 1 aliphatic heterocycles. The van der Waals surface area contributed by atoms with Crippen molar-refractivity contribution in [3.05, 3.63) is 35.4 Å². The molecule has 5 N–H and O–H groups in total. The molecule has 1 aromatic rings. The standard InChI is InChI=1S/C19H24F2N6O3/c1-10(2)13(21)6-26-19(30)15-5-11(20)9-27(15)16(28)8-25-14-7-24-4-3-12(14)17(22)18(23)29/h3-4,7,11,15,22,25H,5-6,8-9H2,1-2H3,(H2,23,29)(H,26,30)/t11-,15+/m1/s1. The number of carbonyl (C=O) groups is 3. The average Bonchev–Trinajstić information content (AvgIpc) is 3.11. The van der Waals surface area contributed by atoms with Gasteiger partial charge in [0.05, 0.1) is 31.5 Å². The number of carbonyl (C=O) groups excluding carboxylic acids is 3. The molecule has 2 heterocycles. The summed E-state index contributed by atoms with van der Waals surface area (Å²) in [5.41, 5.74) is 5.45. The highest BCUT2D eigenvalue weighted by Crippen LogP contribution is 2.22. The quantitative estimate of drug-likeness (QED) is 0.456. The van der Waals surface area contributed by atoms with Crippen molar-refractivity contribution in [1.82, 2.24) is 15.2 Å². The van der Waals surface area contributed by atoms with Crippen molar-refractivity contribution in [1.29, 1.82) is 5.41 Å². The van der Waals surface area contributed by atoms with Crippen LogP contribution in [-0.4, -0.2) is 65.2 Å². The average molecular weight is 422 g/mol. The highest BCUT2D eigenvalue weighted by Gasteiger charge is 2.39. The van der Waals surface area contributed by atoms with Gasteiger partial charge in [0.1, 0.15) is 23.8 Å². The lowest BCUT2D eigenvalue weighted by molar-refractivity contribution is -0.137. The molecule has 0 unspecified atom stereocenters. The van der Waals surface area contributed by atoms with Crippen LogP contribution in [-0.2, 0) is 14.4 Å². The number of rotatable bonds is 8. The Labute approximate surface area is 172 Å². The lowest BCUT2D eigenvalue weighted by Gasteiger charge is -2.24. The number of allylic oxidation sites excluding steroid dienone is 1. The van der Waals surface area contributed by atoms with Gasteiger partial charge in [0.15, 0.2) is 0 Å². The molecule has 11 heteroatoms. The number of nitrogens with zero attached hydrogens (tertiary/aromatic N) is 2. The number of alkyl halides is 1. The molecule has 2 rings (SSSR count). The SMILES string of the molecule is CC(C)=C(F)CNC(=O)[C@@H]1C[C@@H](F)CN1C(=O)CNc1cnccc1C(=N)C(N)=O. The van der Waals surface area contributed by atoms with Gasteiger partial charge >= 0.3 is 0 Å². The fourth-order valence-electron chi connectivity index (χ4n) is 2.93. The Morgan fingerprint density at radius 2 is 2.03 bits per heavy atom. The van der Waals surface area contributed by atoms with Crippen molar-refractivity contribution in [3.63, 3.8) is 0 Å². The van der Waals surface area contributed by atoms with Crippen LogP contribution in [0.5, 0.6) is 0 Å². The summed E-state index contributed by atoms with van der Waals surface area (Å²) in [5.74, 6) is -2.66. The molecule has 1 aliphatic rings. The molecule has 0 aromatic carbocycles. The molecular weight excluding hydrogens is 398 g/mol. The van der Waals surface area contributed by atoms with Gasteiger partial charge in [-0.2, -0.15) is 0 Å². The van der Waals surface area contributed by atoms with E-state index in [9.17, 15) is 23.2 Å². The van der Waals surface area contributed by atoms with Crippen LogP contribution in [0.4, 0.5) is 14.5 Å².